The second-order valence-electron chi connectivity index (χ2n) is 6.74. The molecular formula is C19H27Cl2FN4O. The van der Waals surface area contributed by atoms with Crippen molar-refractivity contribution in [2.45, 2.75) is 33.2 Å². The first-order valence-corrected chi connectivity index (χ1v) is 8.80. The van der Waals surface area contributed by atoms with E-state index in [1.54, 1.807) is 18.5 Å². The van der Waals surface area contributed by atoms with E-state index < -0.39 is 5.82 Å². The van der Waals surface area contributed by atoms with Gasteiger partial charge in [0.2, 0.25) is 0 Å². The minimum Gasteiger partial charge on any atom is -0.350 e. The Labute approximate surface area is 172 Å². The molecule has 1 aromatic carbocycles. The highest BCUT2D eigenvalue weighted by molar-refractivity contribution is 5.94. The summed E-state index contributed by atoms with van der Waals surface area (Å²) < 4.78 is 16.0. The van der Waals surface area contributed by atoms with Crippen LogP contribution in [0.25, 0.3) is 0 Å². The van der Waals surface area contributed by atoms with Gasteiger partial charge in [0.05, 0.1) is 17.6 Å². The first-order valence-electron chi connectivity index (χ1n) is 8.80. The number of imidazole rings is 1. The number of nitrogens with one attached hydrogen (secondary N) is 2. The molecule has 0 saturated carbocycles. The topological polar surface area (TPSA) is 59.0 Å². The van der Waals surface area contributed by atoms with E-state index in [9.17, 15) is 9.18 Å². The summed E-state index contributed by atoms with van der Waals surface area (Å²) in [5.74, 6) is -0.271. The number of aryl methyl sites for hydroxylation is 1. The van der Waals surface area contributed by atoms with Crippen LogP contribution < -0.4 is 10.6 Å². The van der Waals surface area contributed by atoms with Gasteiger partial charge in [-0.3, -0.25) is 4.79 Å². The molecular weight excluding hydrogens is 390 g/mol. The van der Waals surface area contributed by atoms with Crippen LogP contribution in [0.5, 0.6) is 0 Å². The number of aromatic nitrogens is 2. The number of hydrogen-bond acceptors (Lipinski definition) is 3. The zero-order chi connectivity index (χ0) is 17.8. The van der Waals surface area contributed by atoms with E-state index in [2.05, 4.69) is 15.6 Å². The molecule has 1 aromatic heterocycles. The Balaban J connectivity index is 0.00000182. The average molecular weight is 417 g/mol. The lowest BCUT2D eigenvalue weighted by Crippen LogP contribution is -2.28. The fraction of sp³-hybridized carbons (Fsp3) is 0.474. The molecule has 1 fully saturated rings. The Hall–Kier alpha value is -1.63. The zero-order valence-corrected chi connectivity index (χ0v) is 17.3. The molecule has 1 saturated heterocycles. The first kappa shape index (κ1) is 23.4. The van der Waals surface area contributed by atoms with Crippen LogP contribution in [0.15, 0.2) is 24.5 Å². The maximum Gasteiger partial charge on any atom is 0.254 e. The minimum atomic E-state index is -0.472. The van der Waals surface area contributed by atoms with Crippen LogP contribution in [0.2, 0.25) is 0 Å². The van der Waals surface area contributed by atoms with E-state index in [0.29, 0.717) is 19.0 Å². The Kier molecular flexibility index (Phi) is 9.22. The molecule has 150 valence electrons. The third kappa shape index (κ3) is 5.92. The minimum absolute atomic E-state index is 0. The molecule has 0 aliphatic carbocycles. The van der Waals surface area contributed by atoms with Crippen molar-refractivity contribution < 1.29 is 9.18 Å². The summed E-state index contributed by atoms with van der Waals surface area (Å²) in [7, 11) is 0. The van der Waals surface area contributed by atoms with E-state index in [4.69, 9.17) is 0 Å². The molecule has 1 atom stereocenters. The van der Waals surface area contributed by atoms with Gasteiger partial charge in [-0.25, -0.2) is 9.37 Å². The van der Waals surface area contributed by atoms with Gasteiger partial charge in [-0.2, -0.15) is 0 Å². The largest absolute Gasteiger partial charge is 0.350 e. The van der Waals surface area contributed by atoms with Crippen LogP contribution >= 0.6 is 24.8 Å². The lowest BCUT2D eigenvalue weighted by molar-refractivity contribution is 0.0948. The monoisotopic (exact) mass is 416 g/mol. The van der Waals surface area contributed by atoms with E-state index in [1.807, 2.05) is 18.4 Å². The molecule has 0 radical (unpaired) electrons. The number of carbonyl (C=O) groups excluding carboxylic acids is 1. The van der Waals surface area contributed by atoms with Crippen molar-refractivity contribution in [3.8, 4) is 0 Å². The molecule has 1 amide bonds. The molecule has 5 nitrogen and oxygen atoms in total. The normalized spacial score (nSPS) is 15.7. The third-order valence-corrected chi connectivity index (χ3v) is 4.95. The molecule has 1 aliphatic rings. The molecule has 2 aromatic rings. The molecule has 1 unspecified atom stereocenters. The Bertz CT molecular complexity index is 760. The van der Waals surface area contributed by atoms with Crippen LogP contribution in [-0.4, -0.2) is 35.1 Å². The Morgan fingerprint density at radius 2 is 2.15 bits per heavy atom. The van der Waals surface area contributed by atoms with Gasteiger partial charge >= 0.3 is 0 Å². The van der Waals surface area contributed by atoms with Crippen LogP contribution in [0, 0.1) is 25.6 Å². The molecule has 2 N–H and O–H groups in total. The third-order valence-electron chi connectivity index (χ3n) is 4.95. The number of rotatable bonds is 6. The molecule has 0 bridgehead atoms. The molecule has 3 rings (SSSR count). The van der Waals surface area contributed by atoms with E-state index in [0.717, 1.165) is 42.9 Å². The summed E-state index contributed by atoms with van der Waals surface area (Å²) >= 11 is 0. The van der Waals surface area contributed by atoms with Crippen molar-refractivity contribution >= 4 is 30.7 Å². The van der Waals surface area contributed by atoms with Gasteiger partial charge in [0.25, 0.3) is 5.91 Å². The van der Waals surface area contributed by atoms with Gasteiger partial charge < -0.3 is 15.2 Å². The van der Waals surface area contributed by atoms with Crippen molar-refractivity contribution in [3.63, 3.8) is 0 Å². The van der Waals surface area contributed by atoms with Crippen molar-refractivity contribution in [3.05, 3.63) is 52.9 Å². The van der Waals surface area contributed by atoms with Crippen LogP contribution in [0.3, 0.4) is 0 Å². The number of benzene rings is 1. The Morgan fingerprint density at radius 3 is 2.78 bits per heavy atom. The van der Waals surface area contributed by atoms with E-state index >= 15 is 0 Å². The van der Waals surface area contributed by atoms with Crippen LogP contribution in [0.1, 0.15) is 33.7 Å². The van der Waals surface area contributed by atoms with Gasteiger partial charge in [0.15, 0.2) is 0 Å². The highest BCUT2D eigenvalue weighted by Crippen LogP contribution is 2.18. The lowest BCUT2D eigenvalue weighted by atomic mass is 9.97. The van der Waals surface area contributed by atoms with Gasteiger partial charge in [-0.15, -0.1) is 24.8 Å². The number of carbonyl (C=O) groups is 1. The summed E-state index contributed by atoms with van der Waals surface area (Å²) in [5.41, 5.74) is 3.20. The highest BCUT2D eigenvalue weighted by Gasteiger charge is 2.17. The molecule has 2 heterocycles. The summed E-state index contributed by atoms with van der Waals surface area (Å²) in [5, 5.41) is 6.14. The Morgan fingerprint density at radius 1 is 1.37 bits per heavy atom. The molecule has 27 heavy (non-hydrogen) atoms. The van der Waals surface area contributed by atoms with Gasteiger partial charge in [-0.1, -0.05) is 6.07 Å². The predicted octanol–water partition coefficient (Wildman–Crippen LogP) is 3.06. The van der Waals surface area contributed by atoms with Gasteiger partial charge in [0, 0.05) is 18.8 Å². The fourth-order valence-corrected chi connectivity index (χ4v) is 3.25. The molecule has 8 heteroatoms. The lowest BCUT2D eigenvalue weighted by Gasteiger charge is -2.11. The van der Waals surface area contributed by atoms with Crippen LogP contribution in [0.4, 0.5) is 4.39 Å². The number of amides is 1. The standard InChI is InChI=1S/C19H25FN4O.2ClH/c1-13-14(2)24(12-23-13)8-7-22-19(25)17-10-15(3-4-18(17)20)9-16-5-6-21-11-16;;/h3-4,10,12,16,21H,5-9,11H2,1-2H3,(H,22,25);2*1H. The molecule has 0 spiro atoms. The fourth-order valence-electron chi connectivity index (χ4n) is 3.25. The summed E-state index contributed by atoms with van der Waals surface area (Å²) in [6.07, 6.45) is 3.76. The maximum atomic E-state index is 14.1. The van der Waals surface area contributed by atoms with Crippen molar-refractivity contribution in [2.75, 3.05) is 19.6 Å². The van der Waals surface area contributed by atoms with Crippen molar-refractivity contribution in [2.24, 2.45) is 5.92 Å². The second-order valence-corrected chi connectivity index (χ2v) is 6.74. The second kappa shape index (κ2) is 10.6. The van der Waals surface area contributed by atoms with E-state index in [1.165, 1.54) is 6.07 Å². The van der Waals surface area contributed by atoms with Gasteiger partial charge in [0.1, 0.15) is 5.82 Å². The predicted molar refractivity (Wildman–Crippen MR) is 110 cm³/mol. The summed E-state index contributed by atoms with van der Waals surface area (Å²) in [4.78, 5) is 16.6. The van der Waals surface area contributed by atoms with Crippen molar-refractivity contribution in [1.82, 2.24) is 20.2 Å². The first-order chi connectivity index (χ1) is 12.0. The van der Waals surface area contributed by atoms with E-state index in [-0.39, 0.29) is 36.3 Å². The zero-order valence-electron chi connectivity index (χ0n) is 15.6. The van der Waals surface area contributed by atoms with Crippen LogP contribution in [-0.2, 0) is 13.0 Å². The summed E-state index contributed by atoms with van der Waals surface area (Å²) in [6, 6.07) is 4.87. The SMILES string of the molecule is Cc1ncn(CCNC(=O)c2cc(CC3CCNC3)ccc2F)c1C.Cl.Cl. The number of hydrogen-bond donors (Lipinski definition) is 2. The summed E-state index contributed by atoms with van der Waals surface area (Å²) in [6.45, 7) is 7.02. The van der Waals surface area contributed by atoms with Gasteiger partial charge in [-0.05, 0) is 63.4 Å². The van der Waals surface area contributed by atoms with Crippen molar-refractivity contribution in [1.29, 1.82) is 0 Å². The molecule has 1 aliphatic heterocycles. The number of nitrogens with zero attached hydrogens (tertiary/aromatic N) is 2. The number of halogens is 3. The average Bonchev–Trinajstić information content (AvgIpc) is 3.21. The quantitative estimate of drug-likeness (QED) is 0.760. The maximum absolute atomic E-state index is 14.1. The smallest absolute Gasteiger partial charge is 0.254 e. The highest BCUT2D eigenvalue weighted by atomic mass is 35.5.